The van der Waals surface area contributed by atoms with Crippen LogP contribution in [0.15, 0.2) is 60.2 Å². The largest absolute Gasteiger partial charge is 0.446 e. The van der Waals surface area contributed by atoms with E-state index in [-0.39, 0.29) is 18.6 Å². The zero-order valence-corrected chi connectivity index (χ0v) is 13.7. The van der Waals surface area contributed by atoms with Gasteiger partial charge in [0.1, 0.15) is 12.6 Å². The number of benzene rings is 2. The summed E-state index contributed by atoms with van der Waals surface area (Å²) in [6.07, 6.45) is 1.20. The number of carbonyl (C=O) groups excluding carboxylic acids is 2. The molecular formula is C20H19NO3. The maximum atomic E-state index is 12.8. The second kappa shape index (κ2) is 6.71. The minimum absolute atomic E-state index is 0.187. The van der Waals surface area contributed by atoms with E-state index in [1.807, 2.05) is 61.5 Å². The van der Waals surface area contributed by atoms with E-state index in [9.17, 15) is 9.59 Å². The van der Waals surface area contributed by atoms with Gasteiger partial charge in [0.15, 0.2) is 0 Å². The average Bonchev–Trinajstić information content (AvgIpc) is 2.98. The van der Waals surface area contributed by atoms with Crippen LogP contribution in [0.1, 0.15) is 29.7 Å². The maximum absolute atomic E-state index is 12.8. The van der Waals surface area contributed by atoms with Gasteiger partial charge in [0.2, 0.25) is 0 Å². The molecule has 4 nitrogen and oxygen atoms in total. The van der Waals surface area contributed by atoms with Crippen LogP contribution in [-0.4, -0.2) is 23.5 Å². The first-order valence-corrected chi connectivity index (χ1v) is 7.86. The number of hydrogen-bond donors (Lipinski definition) is 0. The SMILES string of the molecule is C/C(=C\c1ccc(C)cc1)C(=O)N1C(=O)OCC1c1ccccc1. The zero-order valence-electron chi connectivity index (χ0n) is 13.7. The molecule has 1 atom stereocenters. The van der Waals surface area contributed by atoms with Crippen molar-refractivity contribution in [2.24, 2.45) is 0 Å². The second-order valence-corrected chi connectivity index (χ2v) is 5.92. The van der Waals surface area contributed by atoms with Crippen molar-refractivity contribution in [2.75, 3.05) is 6.61 Å². The molecule has 1 heterocycles. The number of hydrogen-bond acceptors (Lipinski definition) is 3. The van der Waals surface area contributed by atoms with Gasteiger partial charge in [-0.2, -0.15) is 0 Å². The highest BCUT2D eigenvalue weighted by Gasteiger charge is 2.39. The molecule has 122 valence electrons. The standard InChI is InChI=1S/C20H19NO3/c1-14-8-10-16(11-9-14)12-15(2)19(22)21-18(13-24-20(21)23)17-6-4-3-5-7-17/h3-12,18H,13H2,1-2H3/b15-12+. The van der Waals surface area contributed by atoms with Crippen LogP contribution in [0.2, 0.25) is 0 Å². The van der Waals surface area contributed by atoms with Gasteiger partial charge in [0.05, 0.1) is 0 Å². The Hall–Kier alpha value is -2.88. The van der Waals surface area contributed by atoms with Crippen LogP contribution in [0.25, 0.3) is 6.08 Å². The fraction of sp³-hybridized carbons (Fsp3) is 0.200. The third-order valence-electron chi connectivity index (χ3n) is 4.07. The molecule has 1 unspecified atom stereocenters. The number of aryl methyl sites for hydroxylation is 1. The Balaban J connectivity index is 1.86. The summed E-state index contributed by atoms with van der Waals surface area (Å²) < 4.78 is 5.11. The van der Waals surface area contributed by atoms with E-state index in [0.717, 1.165) is 16.7 Å². The Morgan fingerprint density at radius 2 is 1.79 bits per heavy atom. The summed E-state index contributed by atoms with van der Waals surface area (Å²) in [5, 5.41) is 0. The molecule has 0 N–H and O–H groups in total. The molecule has 1 fully saturated rings. The number of nitrogens with zero attached hydrogens (tertiary/aromatic N) is 1. The van der Waals surface area contributed by atoms with E-state index in [1.165, 1.54) is 4.90 Å². The van der Waals surface area contributed by atoms with Gasteiger partial charge >= 0.3 is 6.09 Å². The van der Waals surface area contributed by atoms with Crippen LogP contribution in [0.4, 0.5) is 4.79 Å². The monoisotopic (exact) mass is 321 g/mol. The molecule has 4 heteroatoms. The van der Waals surface area contributed by atoms with Crippen molar-refractivity contribution in [1.29, 1.82) is 0 Å². The van der Waals surface area contributed by atoms with Crippen molar-refractivity contribution in [3.63, 3.8) is 0 Å². The summed E-state index contributed by atoms with van der Waals surface area (Å²) in [5.41, 5.74) is 3.47. The first-order valence-electron chi connectivity index (χ1n) is 7.86. The minimum Gasteiger partial charge on any atom is -0.446 e. The lowest BCUT2D eigenvalue weighted by Crippen LogP contribution is -2.34. The van der Waals surface area contributed by atoms with Gasteiger partial charge in [0.25, 0.3) is 5.91 Å². The Morgan fingerprint density at radius 3 is 2.46 bits per heavy atom. The molecule has 2 amide bonds. The van der Waals surface area contributed by atoms with Gasteiger partial charge in [-0.15, -0.1) is 0 Å². The molecular weight excluding hydrogens is 302 g/mol. The Labute approximate surface area is 141 Å². The highest BCUT2D eigenvalue weighted by molar-refractivity contribution is 6.05. The lowest BCUT2D eigenvalue weighted by molar-refractivity contribution is -0.125. The van der Waals surface area contributed by atoms with Crippen LogP contribution in [-0.2, 0) is 9.53 Å². The lowest BCUT2D eigenvalue weighted by Gasteiger charge is -2.20. The molecule has 0 saturated carbocycles. The molecule has 24 heavy (non-hydrogen) atoms. The molecule has 2 aromatic rings. The molecule has 1 aliphatic rings. The summed E-state index contributed by atoms with van der Waals surface area (Å²) in [5.74, 6) is -0.327. The zero-order chi connectivity index (χ0) is 17.1. The number of imide groups is 1. The molecule has 2 aromatic carbocycles. The van der Waals surface area contributed by atoms with Gasteiger partial charge in [-0.25, -0.2) is 9.69 Å². The van der Waals surface area contributed by atoms with Crippen LogP contribution in [0, 0.1) is 6.92 Å². The molecule has 0 aliphatic carbocycles. The van der Waals surface area contributed by atoms with Crippen LogP contribution in [0.5, 0.6) is 0 Å². The summed E-state index contributed by atoms with van der Waals surface area (Å²) in [4.78, 5) is 26.0. The number of amides is 2. The summed E-state index contributed by atoms with van der Waals surface area (Å²) in [6.45, 7) is 3.92. The number of carbonyl (C=O) groups is 2. The van der Waals surface area contributed by atoms with Gasteiger partial charge < -0.3 is 4.74 Å². The van der Waals surface area contributed by atoms with Crippen LogP contribution >= 0.6 is 0 Å². The van der Waals surface area contributed by atoms with Gasteiger partial charge in [-0.1, -0.05) is 60.2 Å². The number of cyclic esters (lactones) is 1. The predicted molar refractivity (Wildman–Crippen MR) is 92.2 cm³/mol. The second-order valence-electron chi connectivity index (χ2n) is 5.92. The fourth-order valence-electron chi connectivity index (χ4n) is 2.73. The predicted octanol–water partition coefficient (Wildman–Crippen LogP) is 4.12. The average molecular weight is 321 g/mol. The first-order chi connectivity index (χ1) is 11.6. The van der Waals surface area contributed by atoms with Gasteiger partial charge in [-0.3, -0.25) is 4.79 Å². The van der Waals surface area contributed by atoms with Crippen LogP contribution in [0.3, 0.4) is 0 Å². The highest BCUT2D eigenvalue weighted by atomic mass is 16.6. The first kappa shape index (κ1) is 16.0. The Bertz CT molecular complexity index is 778. The molecule has 0 spiro atoms. The Kier molecular flexibility index (Phi) is 4.47. The van der Waals surface area contributed by atoms with E-state index >= 15 is 0 Å². The van der Waals surface area contributed by atoms with E-state index in [1.54, 1.807) is 13.0 Å². The minimum atomic E-state index is -0.592. The molecule has 0 aromatic heterocycles. The van der Waals surface area contributed by atoms with Crippen molar-refractivity contribution in [3.8, 4) is 0 Å². The third-order valence-corrected chi connectivity index (χ3v) is 4.07. The molecule has 0 bridgehead atoms. The smallest absolute Gasteiger partial charge is 0.417 e. The number of rotatable bonds is 3. The van der Waals surface area contributed by atoms with Gasteiger partial charge in [0, 0.05) is 5.57 Å². The lowest BCUT2D eigenvalue weighted by atomic mass is 10.1. The topological polar surface area (TPSA) is 46.6 Å². The Morgan fingerprint density at radius 1 is 1.12 bits per heavy atom. The number of ether oxygens (including phenoxy) is 1. The molecule has 3 rings (SSSR count). The van der Waals surface area contributed by atoms with E-state index in [2.05, 4.69) is 0 Å². The van der Waals surface area contributed by atoms with E-state index in [0.29, 0.717) is 5.57 Å². The highest BCUT2D eigenvalue weighted by Crippen LogP contribution is 2.29. The van der Waals surface area contributed by atoms with E-state index < -0.39 is 6.09 Å². The summed E-state index contributed by atoms with van der Waals surface area (Å²) in [6, 6.07) is 16.9. The van der Waals surface area contributed by atoms with Crippen molar-refractivity contribution in [2.45, 2.75) is 19.9 Å². The molecule has 1 saturated heterocycles. The molecule has 0 radical (unpaired) electrons. The van der Waals surface area contributed by atoms with Crippen molar-refractivity contribution < 1.29 is 14.3 Å². The van der Waals surface area contributed by atoms with E-state index in [4.69, 9.17) is 4.74 Å². The van der Waals surface area contributed by atoms with Gasteiger partial charge in [-0.05, 0) is 31.1 Å². The maximum Gasteiger partial charge on any atom is 0.417 e. The fourth-order valence-corrected chi connectivity index (χ4v) is 2.73. The van der Waals surface area contributed by atoms with Crippen molar-refractivity contribution >= 4 is 18.1 Å². The third kappa shape index (κ3) is 3.23. The summed E-state index contributed by atoms with van der Waals surface area (Å²) >= 11 is 0. The quantitative estimate of drug-likeness (QED) is 0.799. The van der Waals surface area contributed by atoms with Crippen LogP contribution < -0.4 is 0 Å². The normalized spacial score (nSPS) is 17.8. The molecule has 1 aliphatic heterocycles. The summed E-state index contributed by atoms with van der Waals surface area (Å²) in [7, 11) is 0. The van der Waals surface area contributed by atoms with Crippen molar-refractivity contribution in [3.05, 3.63) is 76.9 Å². The van der Waals surface area contributed by atoms with Crippen molar-refractivity contribution in [1.82, 2.24) is 4.90 Å².